The molecule has 0 unspecified atom stereocenters. The number of nitrogens with zero attached hydrogens (tertiary/aromatic N) is 2. The highest BCUT2D eigenvalue weighted by Crippen LogP contribution is 2.23. The van der Waals surface area contributed by atoms with Crippen molar-refractivity contribution in [3.63, 3.8) is 0 Å². The molecule has 3 N–H and O–H groups in total. The Balaban J connectivity index is 1.66. The number of aliphatic hydroxyl groups is 1. The van der Waals surface area contributed by atoms with Crippen LogP contribution in [0.3, 0.4) is 0 Å². The first-order valence-electron chi connectivity index (χ1n) is 9.14. The molecule has 4 rings (SSSR count). The molecule has 3 aromatic rings. The molecule has 2 aromatic heterocycles. The van der Waals surface area contributed by atoms with Crippen LogP contribution in [0.15, 0.2) is 54.9 Å². The second-order valence-electron chi connectivity index (χ2n) is 6.73. The van der Waals surface area contributed by atoms with Gasteiger partial charge in [0.1, 0.15) is 5.65 Å². The lowest BCUT2D eigenvalue weighted by Gasteiger charge is -2.30. The van der Waals surface area contributed by atoms with Gasteiger partial charge in [0.05, 0.1) is 6.10 Å². The zero-order valence-electron chi connectivity index (χ0n) is 14.9. The quantitative estimate of drug-likeness (QED) is 0.623. The van der Waals surface area contributed by atoms with E-state index >= 15 is 0 Å². The number of carbonyl (C=O) groups is 1. The molecule has 1 aliphatic rings. The molecular formula is C21H22N4O2. The molecule has 1 aliphatic heterocycles. The van der Waals surface area contributed by atoms with Crippen LogP contribution in [-0.4, -0.2) is 45.2 Å². The number of hydrogen-bond acceptors (Lipinski definition) is 4. The lowest BCUT2D eigenvalue weighted by Crippen LogP contribution is -2.47. The molecule has 6 heteroatoms. The minimum atomic E-state index is -0.277. The zero-order valence-corrected chi connectivity index (χ0v) is 14.9. The van der Waals surface area contributed by atoms with Crippen LogP contribution >= 0.6 is 0 Å². The summed E-state index contributed by atoms with van der Waals surface area (Å²) in [4.78, 5) is 20.5. The normalized spacial score (nSPS) is 16.6. The van der Waals surface area contributed by atoms with E-state index in [1.54, 1.807) is 6.20 Å². The summed E-state index contributed by atoms with van der Waals surface area (Å²) in [7, 11) is 0. The smallest absolute Gasteiger partial charge is 0.266 e. The Kier molecular flexibility index (Phi) is 5.00. The van der Waals surface area contributed by atoms with Gasteiger partial charge in [-0.2, -0.15) is 0 Å². The van der Waals surface area contributed by atoms with Crippen LogP contribution in [0.25, 0.3) is 22.7 Å². The molecule has 0 bridgehead atoms. The number of fused-ring (bicyclic) bond motifs is 1. The predicted octanol–water partition coefficient (Wildman–Crippen LogP) is 2.59. The van der Waals surface area contributed by atoms with Crippen LogP contribution in [0.2, 0.25) is 0 Å². The van der Waals surface area contributed by atoms with Crippen molar-refractivity contribution in [3.8, 4) is 0 Å². The highest BCUT2D eigenvalue weighted by atomic mass is 16.3. The zero-order chi connectivity index (χ0) is 18.6. The SMILES string of the molecule is O=C(NN1CCC(O)CC1)C(=Cc1c[nH]c2ncccc12)c1ccccc1. The van der Waals surface area contributed by atoms with Gasteiger partial charge in [-0.1, -0.05) is 30.3 Å². The largest absolute Gasteiger partial charge is 0.393 e. The first-order valence-corrected chi connectivity index (χ1v) is 9.14. The summed E-state index contributed by atoms with van der Waals surface area (Å²) < 4.78 is 0. The topological polar surface area (TPSA) is 81.3 Å². The Hall–Kier alpha value is -2.96. The molecular weight excluding hydrogens is 340 g/mol. The molecule has 1 amide bonds. The molecule has 0 aliphatic carbocycles. The van der Waals surface area contributed by atoms with Crippen LogP contribution < -0.4 is 5.43 Å². The average Bonchev–Trinajstić information content (AvgIpc) is 3.11. The van der Waals surface area contributed by atoms with E-state index in [0.717, 1.165) is 22.2 Å². The second-order valence-corrected chi connectivity index (χ2v) is 6.73. The molecule has 0 radical (unpaired) electrons. The Labute approximate surface area is 157 Å². The number of H-pyrrole nitrogens is 1. The fourth-order valence-corrected chi connectivity index (χ4v) is 3.33. The number of nitrogens with one attached hydrogen (secondary N) is 2. The molecule has 0 spiro atoms. The second kappa shape index (κ2) is 7.73. The number of aromatic amines is 1. The molecule has 0 saturated carbocycles. The first kappa shape index (κ1) is 17.5. The van der Waals surface area contributed by atoms with Gasteiger partial charge in [0.15, 0.2) is 0 Å². The summed E-state index contributed by atoms with van der Waals surface area (Å²) in [6, 6.07) is 13.5. The molecule has 6 nitrogen and oxygen atoms in total. The number of aromatic nitrogens is 2. The maximum Gasteiger partial charge on any atom is 0.266 e. The number of hydrazine groups is 1. The van der Waals surface area contributed by atoms with Crippen LogP contribution in [0.1, 0.15) is 24.0 Å². The number of hydrogen-bond donors (Lipinski definition) is 3. The van der Waals surface area contributed by atoms with E-state index in [-0.39, 0.29) is 12.0 Å². The fourth-order valence-electron chi connectivity index (χ4n) is 3.33. The third-order valence-corrected chi connectivity index (χ3v) is 4.84. The highest BCUT2D eigenvalue weighted by molar-refractivity contribution is 6.24. The van der Waals surface area contributed by atoms with Crippen LogP contribution in [0, 0.1) is 0 Å². The molecule has 3 heterocycles. The van der Waals surface area contributed by atoms with Crippen molar-refractivity contribution in [2.45, 2.75) is 18.9 Å². The third-order valence-electron chi connectivity index (χ3n) is 4.84. The summed E-state index contributed by atoms with van der Waals surface area (Å²) in [5.41, 5.74) is 6.14. The molecule has 1 fully saturated rings. The summed E-state index contributed by atoms with van der Waals surface area (Å²) in [6.45, 7) is 1.29. The van der Waals surface area contributed by atoms with Gasteiger partial charge in [-0.05, 0) is 36.6 Å². The van der Waals surface area contributed by atoms with Gasteiger partial charge in [0.25, 0.3) is 5.91 Å². The van der Waals surface area contributed by atoms with Gasteiger partial charge in [0, 0.05) is 42.0 Å². The molecule has 0 atom stereocenters. The Morgan fingerprint density at radius 3 is 2.74 bits per heavy atom. The Morgan fingerprint density at radius 1 is 1.19 bits per heavy atom. The van der Waals surface area contributed by atoms with E-state index in [4.69, 9.17) is 0 Å². The van der Waals surface area contributed by atoms with Gasteiger partial charge < -0.3 is 10.1 Å². The monoisotopic (exact) mass is 362 g/mol. The molecule has 1 saturated heterocycles. The van der Waals surface area contributed by atoms with E-state index in [1.165, 1.54) is 0 Å². The van der Waals surface area contributed by atoms with Gasteiger partial charge in [0.2, 0.25) is 0 Å². The lowest BCUT2D eigenvalue weighted by atomic mass is 10.0. The minimum absolute atomic E-state index is 0.157. The van der Waals surface area contributed by atoms with E-state index in [9.17, 15) is 9.90 Å². The number of benzene rings is 1. The van der Waals surface area contributed by atoms with Crippen molar-refractivity contribution >= 4 is 28.6 Å². The van der Waals surface area contributed by atoms with Crippen molar-refractivity contribution in [3.05, 3.63) is 66.0 Å². The maximum absolute atomic E-state index is 13.0. The Morgan fingerprint density at radius 2 is 1.96 bits per heavy atom. The van der Waals surface area contributed by atoms with Crippen LogP contribution in [0.4, 0.5) is 0 Å². The van der Waals surface area contributed by atoms with E-state index in [0.29, 0.717) is 31.5 Å². The summed E-state index contributed by atoms with van der Waals surface area (Å²) in [5.74, 6) is -0.157. The van der Waals surface area contributed by atoms with Gasteiger partial charge in [-0.25, -0.2) is 9.99 Å². The van der Waals surface area contributed by atoms with Crippen molar-refractivity contribution in [1.29, 1.82) is 0 Å². The van der Waals surface area contributed by atoms with E-state index in [1.807, 2.05) is 59.7 Å². The van der Waals surface area contributed by atoms with Gasteiger partial charge in [-0.3, -0.25) is 10.2 Å². The Bertz CT molecular complexity index is 956. The maximum atomic E-state index is 13.0. The summed E-state index contributed by atoms with van der Waals surface area (Å²) in [5, 5.41) is 12.5. The molecule has 1 aromatic carbocycles. The number of piperidine rings is 1. The number of amides is 1. The minimum Gasteiger partial charge on any atom is -0.393 e. The summed E-state index contributed by atoms with van der Waals surface area (Å²) >= 11 is 0. The molecule has 138 valence electrons. The number of aliphatic hydroxyl groups excluding tert-OH is 1. The van der Waals surface area contributed by atoms with Crippen LogP contribution in [0.5, 0.6) is 0 Å². The van der Waals surface area contributed by atoms with Gasteiger partial charge >= 0.3 is 0 Å². The third kappa shape index (κ3) is 3.92. The number of carbonyl (C=O) groups excluding carboxylic acids is 1. The standard InChI is InChI=1S/C21H22N4O2/c26-17-8-11-25(12-9-17)24-21(27)19(15-5-2-1-3-6-15)13-16-14-23-20-18(16)7-4-10-22-20/h1-7,10,13-14,17,26H,8-9,11-12H2,(H,22,23)(H,24,27). The molecule has 27 heavy (non-hydrogen) atoms. The van der Waals surface area contributed by atoms with Crippen molar-refractivity contribution in [2.24, 2.45) is 0 Å². The highest BCUT2D eigenvalue weighted by Gasteiger charge is 2.21. The van der Waals surface area contributed by atoms with Crippen molar-refractivity contribution in [1.82, 2.24) is 20.4 Å². The number of pyridine rings is 1. The van der Waals surface area contributed by atoms with Gasteiger partial charge in [-0.15, -0.1) is 0 Å². The van der Waals surface area contributed by atoms with Crippen molar-refractivity contribution < 1.29 is 9.90 Å². The predicted molar refractivity (Wildman–Crippen MR) is 105 cm³/mol. The number of rotatable bonds is 4. The van der Waals surface area contributed by atoms with E-state index < -0.39 is 0 Å². The van der Waals surface area contributed by atoms with Crippen LogP contribution in [-0.2, 0) is 4.79 Å². The average molecular weight is 362 g/mol. The van der Waals surface area contributed by atoms with Crippen molar-refractivity contribution in [2.75, 3.05) is 13.1 Å². The first-order chi connectivity index (χ1) is 13.2. The summed E-state index contributed by atoms with van der Waals surface area (Å²) in [6.07, 6.45) is 6.55. The van der Waals surface area contributed by atoms with E-state index in [2.05, 4.69) is 15.4 Å². The lowest BCUT2D eigenvalue weighted by molar-refractivity contribution is -0.121. The fraction of sp³-hybridized carbons (Fsp3) is 0.238.